The zero-order valence-corrected chi connectivity index (χ0v) is 22.1. The van der Waals surface area contributed by atoms with Gasteiger partial charge in [0.05, 0.1) is 11.6 Å². The molecule has 8 heteroatoms. The Morgan fingerprint density at radius 2 is 1.72 bits per heavy atom. The third-order valence-electron chi connectivity index (χ3n) is 6.42. The number of nitrogens with zero attached hydrogens (tertiary/aromatic N) is 2. The molecular formula is C31H26N2O5S. The highest BCUT2D eigenvalue weighted by Crippen LogP contribution is 2.43. The summed E-state index contributed by atoms with van der Waals surface area (Å²) < 4.78 is 11.5. The van der Waals surface area contributed by atoms with Crippen LogP contribution in [0.2, 0.25) is 0 Å². The molecule has 1 unspecified atom stereocenters. The molecule has 3 aromatic carbocycles. The van der Waals surface area contributed by atoms with Crippen molar-refractivity contribution in [3.05, 3.63) is 125 Å². The molecule has 7 nitrogen and oxygen atoms in total. The monoisotopic (exact) mass is 538 g/mol. The number of hydrogen-bond donors (Lipinski definition) is 1. The Morgan fingerprint density at radius 3 is 2.38 bits per heavy atom. The molecule has 0 bridgehead atoms. The highest BCUT2D eigenvalue weighted by molar-refractivity contribution is 7.14. The van der Waals surface area contributed by atoms with Crippen molar-refractivity contribution in [2.75, 3.05) is 11.5 Å². The van der Waals surface area contributed by atoms with Crippen LogP contribution in [-0.2, 0) is 16.2 Å². The van der Waals surface area contributed by atoms with E-state index >= 15 is 0 Å². The van der Waals surface area contributed by atoms with Crippen molar-refractivity contribution in [2.24, 2.45) is 0 Å². The van der Waals surface area contributed by atoms with E-state index < -0.39 is 17.7 Å². The van der Waals surface area contributed by atoms with Gasteiger partial charge in [-0.2, -0.15) is 0 Å². The minimum absolute atomic E-state index is 0.0106. The fraction of sp³-hybridized carbons (Fsp3) is 0.129. The minimum Gasteiger partial charge on any atom is -0.507 e. The van der Waals surface area contributed by atoms with E-state index in [9.17, 15) is 14.7 Å². The lowest BCUT2D eigenvalue weighted by atomic mass is 9.95. The number of rotatable bonds is 9. The number of hydrogen-bond acceptors (Lipinski definition) is 7. The van der Waals surface area contributed by atoms with Crippen LogP contribution in [0.4, 0.5) is 5.13 Å². The van der Waals surface area contributed by atoms with Crippen molar-refractivity contribution in [3.8, 4) is 11.5 Å². The molecule has 0 spiro atoms. The van der Waals surface area contributed by atoms with Crippen LogP contribution in [-0.4, -0.2) is 28.4 Å². The van der Waals surface area contributed by atoms with E-state index in [1.165, 1.54) is 16.2 Å². The quantitative estimate of drug-likeness (QED) is 0.118. The van der Waals surface area contributed by atoms with E-state index in [2.05, 4.69) is 11.6 Å². The summed E-state index contributed by atoms with van der Waals surface area (Å²) >= 11 is 1.24. The van der Waals surface area contributed by atoms with Crippen LogP contribution >= 0.6 is 11.3 Å². The van der Waals surface area contributed by atoms with E-state index in [0.717, 1.165) is 11.1 Å². The number of carbonyl (C=O) groups excluding carboxylic acids is 2. The van der Waals surface area contributed by atoms with Crippen LogP contribution in [0.15, 0.2) is 103 Å². The van der Waals surface area contributed by atoms with Gasteiger partial charge in [0.1, 0.15) is 30.5 Å². The molecule has 4 aromatic rings. The summed E-state index contributed by atoms with van der Waals surface area (Å²) in [6.45, 7) is 6.43. The first kappa shape index (κ1) is 25.9. The van der Waals surface area contributed by atoms with Crippen LogP contribution in [0.3, 0.4) is 0 Å². The Morgan fingerprint density at radius 1 is 1.03 bits per heavy atom. The van der Waals surface area contributed by atoms with Crippen molar-refractivity contribution >= 4 is 33.9 Å². The van der Waals surface area contributed by atoms with E-state index in [1.54, 1.807) is 66.2 Å². The molecule has 0 saturated carbocycles. The van der Waals surface area contributed by atoms with Gasteiger partial charge in [-0.05, 0) is 60.0 Å². The molecule has 1 aliphatic rings. The molecule has 39 heavy (non-hydrogen) atoms. The summed E-state index contributed by atoms with van der Waals surface area (Å²) in [5.41, 5.74) is 3.23. The topological polar surface area (TPSA) is 89.0 Å². The summed E-state index contributed by atoms with van der Waals surface area (Å²) in [6.07, 6.45) is 3.21. The van der Waals surface area contributed by atoms with Gasteiger partial charge in [-0.3, -0.25) is 14.5 Å². The zero-order valence-electron chi connectivity index (χ0n) is 21.2. The Bertz CT molecular complexity index is 1530. The predicted octanol–water partition coefficient (Wildman–Crippen LogP) is 6.22. The normalized spacial score (nSPS) is 16.3. The second-order valence-electron chi connectivity index (χ2n) is 8.89. The maximum absolute atomic E-state index is 13.3. The molecule has 1 saturated heterocycles. The predicted molar refractivity (Wildman–Crippen MR) is 151 cm³/mol. The average molecular weight is 539 g/mol. The van der Waals surface area contributed by atoms with Gasteiger partial charge in [0, 0.05) is 17.1 Å². The third-order valence-corrected chi connectivity index (χ3v) is 7.19. The van der Waals surface area contributed by atoms with E-state index in [-0.39, 0.29) is 11.3 Å². The largest absolute Gasteiger partial charge is 0.507 e. The molecule has 0 radical (unpaired) electrons. The number of Topliss-reactive ketones (excluding diaryl/α,β-unsaturated/α-hetero) is 1. The van der Waals surface area contributed by atoms with Gasteiger partial charge in [-0.25, -0.2) is 4.98 Å². The summed E-state index contributed by atoms with van der Waals surface area (Å²) in [7, 11) is 0. The Kier molecular flexibility index (Phi) is 7.56. The van der Waals surface area contributed by atoms with Gasteiger partial charge >= 0.3 is 5.91 Å². The SMILES string of the molecule is C=CCOc1ccc(C2C(=C(O)c3ccc(OCc4ccccc4C)cc3)C(=O)C(=O)N2c2nccs2)cc1. The van der Waals surface area contributed by atoms with E-state index in [4.69, 9.17) is 9.47 Å². The van der Waals surface area contributed by atoms with Crippen LogP contribution < -0.4 is 14.4 Å². The first-order valence-electron chi connectivity index (χ1n) is 12.3. The van der Waals surface area contributed by atoms with Gasteiger partial charge in [0.15, 0.2) is 5.13 Å². The molecule has 1 atom stereocenters. The number of thiazole rings is 1. The van der Waals surface area contributed by atoms with Gasteiger partial charge in [-0.1, -0.05) is 49.1 Å². The van der Waals surface area contributed by atoms with Gasteiger partial charge < -0.3 is 14.6 Å². The second-order valence-corrected chi connectivity index (χ2v) is 9.77. The van der Waals surface area contributed by atoms with Crippen molar-refractivity contribution in [2.45, 2.75) is 19.6 Å². The molecule has 196 valence electrons. The molecule has 1 aromatic heterocycles. The Balaban J connectivity index is 1.48. The summed E-state index contributed by atoms with van der Waals surface area (Å²) in [5.74, 6) is -0.563. The summed E-state index contributed by atoms with van der Waals surface area (Å²) in [5, 5.41) is 13.4. The van der Waals surface area contributed by atoms with E-state index in [1.807, 2.05) is 31.2 Å². The number of aliphatic hydroxyl groups is 1. The lowest BCUT2D eigenvalue weighted by molar-refractivity contribution is -0.132. The fourth-order valence-corrected chi connectivity index (χ4v) is 5.05. The molecule has 1 fully saturated rings. The highest BCUT2D eigenvalue weighted by atomic mass is 32.1. The molecule has 1 amide bonds. The second kappa shape index (κ2) is 11.4. The van der Waals surface area contributed by atoms with Gasteiger partial charge in [0.2, 0.25) is 0 Å². The average Bonchev–Trinajstić information content (AvgIpc) is 3.58. The van der Waals surface area contributed by atoms with Crippen LogP contribution in [0, 0.1) is 6.92 Å². The third kappa shape index (κ3) is 5.32. The number of carbonyl (C=O) groups is 2. The lowest BCUT2D eigenvalue weighted by Gasteiger charge is -2.23. The standard InChI is InChI=1S/C31H26N2O5S/c1-3-17-37-24-12-8-21(9-13-24)27-26(29(35)30(36)33(27)31-32-16-18-39-31)28(34)22-10-14-25(15-11-22)38-19-23-7-5-4-6-20(23)2/h3-16,18,27,34H,1,17,19H2,2H3. The number of ketones is 1. The molecule has 2 heterocycles. The zero-order chi connectivity index (χ0) is 27.4. The van der Waals surface area contributed by atoms with Crippen LogP contribution in [0.5, 0.6) is 11.5 Å². The fourth-order valence-electron chi connectivity index (χ4n) is 4.38. The molecule has 1 N–H and O–H groups in total. The van der Waals surface area contributed by atoms with Crippen molar-refractivity contribution < 1.29 is 24.2 Å². The first-order valence-corrected chi connectivity index (χ1v) is 13.2. The maximum Gasteiger partial charge on any atom is 0.301 e. The minimum atomic E-state index is -0.860. The number of aryl methyl sites for hydroxylation is 1. The highest BCUT2D eigenvalue weighted by Gasteiger charge is 2.48. The number of aliphatic hydroxyl groups excluding tert-OH is 1. The number of anilines is 1. The van der Waals surface area contributed by atoms with E-state index in [0.29, 0.717) is 41.0 Å². The summed E-state index contributed by atoms with van der Waals surface area (Å²) in [4.78, 5) is 32.1. The molecule has 1 aliphatic heterocycles. The Labute approximate surface area is 230 Å². The smallest absolute Gasteiger partial charge is 0.301 e. The molecule has 0 aliphatic carbocycles. The van der Waals surface area contributed by atoms with Crippen LogP contribution in [0.25, 0.3) is 5.76 Å². The summed E-state index contributed by atoms with van der Waals surface area (Å²) in [6, 6.07) is 21.0. The van der Waals surface area contributed by atoms with Crippen molar-refractivity contribution in [1.29, 1.82) is 0 Å². The van der Waals surface area contributed by atoms with Gasteiger partial charge in [0.25, 0.3) is 5.78 Å². The number of amides is 1. The molecule has 5 rings (SSSR count). The van der Waals surface area contributed by atoms with Crippen LogP contribution in [0.1, 0.15) is 28.3 Å². The van der Waals surface area contributed by atoms with Gasteiger partial charge in [-0.15, -0.1) is 11.3 Å². The molecular weight excluding hydrogens is 512 g/mol. The lowest BCUT2D eigenvalue weighted by Crippen LogP contribution is -2.29. The number of aromatic nitrogens is 1. The first-order chi connectivity index (χ1) is 19.0. The number of benzene rings is 3. The number of ether oxygens (including phenoxy) is 2. The van der Waals surface area contributed by atoms with Crippen molar-refractivity contribution in [3.63, 3.8) is 0 Å². The maximum atomic E-state index is 13.3. The van der Waals surface area contributed by atoms with Crippen molar-refractivity contribution in [1.82, 2.24) is 4.98 Å². The Hall–Kier alpha value is -4.69.